The summed E-state index contributed by atoms with van der Waals surface area (Å²) in [5, 5.41) is 3.22. The van der Waals surface area contributed by atoms with E-state index in [4.69, 9.17) is 10.5 Å². The maximum Gasteiger partial charge on any atom is 0.323 e. The minimum atomic E-state index is 0.192. The molecule has 6 nitrogen and oxygen atoms in total. The Bertz CT molecular complexity index is 418. The fourth-order valence-electron chi connectivity index (χ4n) is 2.65. The monoisotopic (exact) mass is 279 g/mol. The predicted octanol–water partition coefficient (Wildman–Crippen LogP) is 2.48. The highest BCUT2D eigenvalue weighted by Crippen LogP contribution is 2.30. The van der Waals surface area contributed by atoms with Crippen LogP contribution in [0.1, 0.15) is 46.0 Å². The van der Waals surface area contributed by atoms with Crippen molar-refractivity contribution >= 4 is 11.9 Å². The molecule has 0 amide bonds. The first kappa shape index (κ1) is 14.8. The molecule has 0 saturated heterocycles. The van der Waals surface area contributed by atoms with Crippen LogP contribution in [0.15, 0.2) is 0 Å². The van der Waals surface area contributed by atoms with Crippen LogP contribution in [0.5, 0.6) is 6.01 Å². The van der Waals surface area contributed by atoms with E-state index in [0.717, 1.165) is 24.8 Å². The van der Waals surface area contributed by atoms with Crippen LogP contribution < -0.4 is 15.8 Å². The maximum absolute atomic E-state index is 5.64. The molecule has 0 aliphatic heterocycles. The average molecular weight is 279 g/mol. The standard InChI is InChI=1S/C14H25N5O/c1-3-20-14-18-12(15)17-13(19-14)16-9-8-11-6-4-10(2)5-7-11/h10-11H,3-9H2,1-2H3,(H3,15,16,17,18,19). The zero-order valence-corrected chi connectivity index (χ0v) is 12.4. The lowest BCUT2D eigenvalue weighted by Gasteiger charge is -2.26. The van der Waals surface area contributed by atoms with E-state index < -0.39 is 0 Å². The lowest BCUT2D eigenvalue weighted by Crippen LogP contribution is -2.17. The molecule has 112 valence electrons. The highest BCUT2D eigenvalue weighted by Gasteiger charge is 2.17. The second-order valence-electron chi connectivity index (χ2n) is 5.57. The molecule has 3 N–H and O–H groups in total. The minimum Gasteiger partial charge on any atom is -0.464 e. The Kier molecular flexibility index (Phi) is 5.38. The van der Waals surface area contributed by atoms with E-state index in [9.17, 15) is 0 Å². The van der Waals surface area contributed by atoms with Gasteiger partial charge in [-0.3, -0.25) is 0 Å². The van der Waals surface area contributed by atoms with E-state index in [2.05, 4.69) is 27.2 Å². The molecule has 1 aromatic heterocycles. The minimum absolute atomic E-state index is 0.192. The first-order valence-electron chi connectivity index (χ1n) is 7.55. The van der Waals surface area contributed by atoms with Gasteiger partial charge >= 0.3 is 6.01 Å². The fourth-order valence-corrected chi connectivity index (χ4v) is 2.65. The van der Waals surface area contributed by atoms with Crippen LogP contribution in [0.3, 0.4) is 0 Å². The number of ether oxygens (including phenoxy) is 1. The van der Waals surface area contributed by atoms with Crippen molar-refractivity contribution in [3.8, 4) is 6.01 Å². The summed E-state index contributed by atoms with van der Waals surface area (Å²) in [6.45, 7) is 5.62. The molecular formula is C14H25N5O. The summed E-state index contributed by atoms with van der Waals surface area (Å²) in [6.07, 6.45) is 6.55. The van der Waals surface area contributed by atoms with Gasteiger partial charge in [0.1, 0.15) is 0 Å². The van der Waals surface area contributed by atoms with Crippen LogP contribution in [-0.4, -0.2) is 28.1 Å². The molecule has 20 heavy (non-hydrogen) atoms. The molecule has 0 unspecified atom stereocenters. The fraction of sp³-hybridized carbons (Fsp3) is 0.786. The molecule has 0 aromatic carbocycles. The van der Waals surface area contributed by atoms with E-state index in [1.165, 1.54) is 25.7 Å². The van der Waals surface area contributed by atoms with Crippen LogP contribution in [0, 0.1) is 11.8 Å². The van der Waals surface area contributed by atoms with Crippen molar-refractivity contribution in [2.45, 2.75) is 46.0 Å². The van der Waals surface area contributed by atoms with Crippen molar-refractivity contribution in [2.24, 2.45) is 11.8 Å². The Morgan fingerprint density at radius 1 is 1.20 bits per heavy atom. The Morgan fingerprint density at radius 3 is 2.65 bits per heavy atom. The Morgan fingerprint density at radius 2 is 1.95 bits per heavy atom. The third-order valence-electron chi connectivity index (χ3n) is 3.88. The van der Waals surface area contributed by atoms with Gasteiger partial charge in [-0.05, 0) is 25.2 Å². The number of rotatable bonds is 6. The van der Waals surface area contributed by atoms with E-state index in [1.54, 1.807) is 0 Å². The van der Waals surface area contributed by atoms with Crippen LogP contribution in [0.2, 0.25) is 0 Å². The molecule has 1 fully saturated rings. The number of aromatic nitrogens is 3. The van der Waals surface area contributed by atoms with Gasteiger partial charge in [0, 0.05) is 6.54 Å². The number of hydrogen-bond acceptors (Lipinski definition) is 6. The summed E-state index contributed by atoms with van der Waals surface area (Å²) in [4.78, 5) is 12.2. The zero-order chi connectivity index (χ0) is 14.4. The van der Waals surface area contributed by atoms with Crippen molar-refractivity contribution in [3.63, 3.8) is 0 Å². The number of nitrogens with one attached hydrogen (secondary N) is 1. The molecule has 1 saturated carbocycles. The van der Waals surface area contributed by atoms with Crippen LogP contribution in [0.25, 0.3) is 0 Å². The molecule has 1 aliphatic carbocycles. The highest BCUT2D eigenvalue weighted by molar-refractivity contribution is 5.32. The normalized spacial score (nSPS) is 22.5. The van der Waals surface area contributed by atoms with Crippen LogP contribution in [0.4, 0.5) is 11.9 Å². The summed E-state index contributed by atoms with van der Waals surface area (Å²) < 4.78 is 5.25. The molecule has 0 bridgehead atoms. The summed E-state index contributed by atoms with van der Waals surface area (Å²) in [6, 6.07) is 0.286. The molecular weight excluding hydrogens is 254 g/mol. The number of nitrogens with zero attached hydrogens (tertiary/aromatic N) is 3. The van der Waals surface area contributed by atoms with Gasteiger partial charge in [0.15, 0.2) is 0 Å². The van der Waals surface area contributed by atoms with Gasteiger partial charge in [-0.15, -0.1) is 0 Å². The van der Waals surface area contributed by atoms with Gasteiger partial charge in [0.05, 0.1) is 6.61 Å². The molecule has 1 aromatic rings. The molecule has 0 radical (unpaired) electrons. The lowest BCUT2D eigenvalue weighted by molar-refractivity contribution is 0.281. The van der Waals surface area contributed by atoms with Crippen molar-refractivity contribution in [3.05, 3.63) is 0 Å². The molecule has 0 atom stereocenters. The van der Waals surface area contributed by atoms with Gasteiger partial charge in [-0.1, -0.05) is 32.6 Å². The first-order chi connectivity index (χ1) is 9.67. The third-order valence-corrected chi connectivity index (χ3v) is 3.88. The van der Waals surface area contributed by atoms with E-state index in [-0.39, 0.29) is 12.0 Å². The Hall–Kier alpha value is -1.59. The Labute approximate surface area is 120 Å². The first-order valence-corrected chi connectivity index (χ1v) is 7.55. The highest BCUT2D eigenvalue weighted by atomic mass is 16.5. The van der Waals surface area contributed by atoms with Crippen molar-refractivity contribution in [2.75, 3.05) is 24.2 Å². The number of nitrogen functional groups attached to an aromatic ring is 1. The van der Waals surface area contributed by atoms with Gasteiger partial charge in [0.2, 0.25) is 11.9 Å². The summed E-state index contributed by atoms with van der Waals surface area (Å²) >= 11 is 0. The van der Waals surface area contributed by atoms with Gasteiger partial charge in [-0.25, -0.2) is 0 Å². The van der Waals surface area contributed by atoms with E-state index in [0.29, 0.717) is 12.6 Å². The molecule has 1 heterocycles. The van der Waals surface area contributed by atoms with Gasteiger partial charge in [0.25, 0.3) is 0 Å². The number of nitrogens with two attached hydrogens (primary N) is 1. The van der Waals surface area contributed by atoms with E-state index >= 15 is 0 Å². The molecule has 2 rings (SSSR count). The predicted molar refractivity (Wildman–Crippen MR) is 79.6 cm³/mol. The maximum atomic E-state index is 5.64. The largest absolute Gasteiger partial charge is 0.464 e. The van der Waals surface area contributed by atoms with Gasteiger partial charge < -0.3 is 15.8 Å². The third kappa shape index (κ3) is 4.51. The van der Waals surface area contributed by atoms with Crippen molar-refractivity contribution < 1.29 is 4.74 Å². The number of hydrogen-bond donors (Lipinski definition) is 2. The number of anilines is 2. The van der Waals surface area contributed by atoms with Crippen molar-refractivity contribution in [1.29, 1.82) is 0 Å². The quantitative estimate of drug-likeness (QED) is 0.832. The topological polar surface area (TPSA) is 86.0 Å². The average Bonchev–Trinajstić information content (AvgIpc) is 2.41. The zero-order valence-electron chi connectivity index (χ0n) is 12.4. The van der Waals surface area contributed by atoms with Crippen LogP contribution in [-0.2, 0) is 0 Å². The summed E-state index contributed by atoms with van der Waals surface area (Å²) in [5.41, 5.74) is 5.64. The van der Waals surface area contributed by atoms with E-state index in [1.807, 2.05) is 6.92 Å². The second kappa shape index (κ2) is 7.26. The summed E-state index contributed by atoms with van der Waals surface area (Å²) in [5.74, 6) is 2.42. The van der Waals surface area contributed by atoms with Gasteiger partial charge in [-0.2, -0.15) is 15.0 Å². The SMILES string of the molecule is CCOc1nc(N)nc(NCCC2CCC(C)CC2)n1. The molecule has 0 spiro atoms. The smallest absolute Gasteiger partial charge is 0.323 e. The second-order valence-corrected chi connectivity index (χ2v) is 5.57. The molecule has 1 aliphatic rings. The van der Waals surface area contributed by atoms with Crippen LogP contribution >= 0.6 is 0 Å². The molecule has 6 heteroatoms. The Balaban J connectivity index is 1.78. The summed E-state index contributed by atoms with van der Waals surface area (Å²) in [7, 11) is 0. The van der Waals surface area contributed by atoms with Crippen molar-refractivity contribution in [1.82, 2.24) is 15.0 Å². The lowest BCUT2D eigenvalue weighted by atomic mass is 9.81.